The Labute approximate surface area is 114 Å². The molecule has 0 aliphatic heterocycles. The van der Waals surface area contributed by atoms with Gasteiger partial charge in [0, 0.05) is 24.4 Å². The van der Waals surface area contributed by atoms with Crippen LogP contribution < -0.4 is 5.73 Å². The molecule has 0 spiro atoms. The number of pyridine rings is 1. The van der Waals surface area contributed by atoms with Gasteiger partial charge in [0.05, 0.1) is 12.1 Å². The number of nitrogens with zero attached hydrogens (tertiary/aromatic N) is 1. The van der Waals surface area contributed by atoms with Crippen LogP contribution in [-0.2, 0) is 4.74 Å². The van der Waals surface area contributed by atoms with Crippen molar-refractivity contribution < 1.29 is 4.74 Å². The van der Waals surface area contributed by atoms with Gasteiger partial charge in [-0.25, -0.2) is 0 Å². The zero-order valence-electron chi connectivity index (χ0n) is 11.8. The number of benzene rings is 1. The van der Waals surface area contributed by atoms with E-state index >= 15 is 0 Å². The molecule has 1 aromatic heterocycles. The Kier molecular flexibility index (Phi) is 4.51. The summed E-state index contributed by atoms with van der Waals surface area (Å²) in [6, 6.07) is 8.08. The first-order chi connectivity index (χ1) is 9.15. The van der Waals surface area contributed by atoms with E-state index in [-0.39, 0.29) is 12.1 Å². The number of hydrogen-bond acceptors (Lipinski definition) is 3. The molecule has 2 atom stereocenters. The Morgan fingerprint density at radius 3 is 2.74 bits per heavy atom. The summed E-state index contributed by atoms with van der Waals surface area (Å²) in [5, 5.41) is 2.28. The highest BCUT2D eigenvalue weighted by molar-refractivity contribution is 5.85. The van der Waals surface area contributed by atoms with Gasteiger partial charge in [0.25, 0.3) is 0 Å². The van der Waals surface area contributed by atoms with E-state index in [2.05, 4.69) is 31.0 Å². The number of ether oxygens (including phenoxy) is 1. The van der Waals surface area contributed by atoms with E-state index in [1.807, 2.05) is 25.3 Å². The van der Waals surface area contributed by atoms with Crippen molar-refractivity contribution in [3.8, 4) is 0 Å². The van der Waals surface area contributed by atoms with Crippen LogP contribution >= 0.6 is 0 Å². The molecule has 0 bridgehead atoms. The molecule has 0 fully saturated rings. The maximum absolute atomic E-state index is 6.44. The molecule has 0 aliphatic carbocycles. The lowest BCUT2D eigenvalue weighted by molar-refractivity contribution is 0.0124. The second kappa shape index (κ2) is 6.13. The van der Waals surface area contributed by atoms with Gasteiger partial charge in [-0.15, -0.1) is 0 Å². The summed E-state index contributed by atoms with van der Waals surface area (Å²) in [7, 11) is 0. The van der Waals surface area contributed by atoms with Crippen LogP contribution in [0.1, 0.15) is 32.4 Å². The molecule has 1 heterocycles. The van der Waals surface area contributed by atoms with Crippen LogP contribution in [0, 0.1) is 5.92 Å². The van der Waals surface area contributed by atoms with Crippen LogP contribution in [-0.4, -0.2) is 17.7 Å². The predicted octanol–water partition coefficient (Wildman–Crippen LogP) is 3.30. The summed E-state index contributed by atoms with van der Waals surface area (Å²) in [6.45, 7) is 6.97. The lowest BCUT2D eigenvalue weighted by Crippen LogP contribution is -2.33. The highest BCUT2D eigenvalue weighted by atomic mass is 16.5. The van der Waals surface area contributed by atoms with Gasteiger partial charge < -0.3 is 10.5 Å². The van der Waals surface area contributed by atoms with Gasteiger partial charge >= 0.3 is 0 Å². The van der Waals surface area contributed by atoms with E-state index in [0.29, 0.717) is 12.5 Å². The summed E-state index contributed by atoms with van der Waals surface area (Å²) in [6.07, 6.45) is 3.71. The average Bonchev–Trinajstić information content (AvgIpc) is 2.43. The summed E-state index contributed by atoms with van der Waals surface area (Å²) in [5.74, 6) is 0.377. The van der Waals surface area contributed by atoms with Crippen molar-refractivity contribution in [2.45, 2.75) is 32.9 Å². The SMILES string of the molecule is CCOC(C(C)C)C(N)c1cccc2ccncc12. The molecule has 0 radical (unpaired) electrons. The largest absolute Gasteiger partial charge is 0.376 e. The minimum Gasteiger partial charge on any atom is -0.376 e. The van der Waals surface area contributed by atoms with Gasteiger partial charge in [-0.05, 0) is 29.9 Å². The molecular formula is C16H22N2O. The highest BCUT2D eigenvalue weighted by Gasteiger charge is 2.24. The third-order valence-corrected chi connectivity index (χ3v) is 3.45. The van der Waals surface area contributed by atoms with E-state index in [1.165, 1.54) is 5.39 Å². The van der Waals surface area contributed by atoms with Crippen molar-refractivity contribution in [1.82, 2.24) is 4.98 Å². The molecule has 2 unspecified atom stereocenters. The second-order valence-corrected chi connectivity index (χ2v) is 5.13. The normalized spacial score (nSPS) is 14.8. The van der Waals surface area contributed by atoms with E-state index in [4.69, 9.17) is 10.5 Å². The van der Waals surface area contributed by atoms with Crippen LogP contribution in [0.4, 0.5) is 0 Å². The predicted molar refractivity (Wildman–Crippen MR) is 78.9 cm³/mol. The quantitative estimate of drug-likeness (QED) is 0.895. The van der Waals surface area contributed by atoms with Gasteiger partial charge in [0.2, 0.25) is 0 Å². The molecule has 2 aromatic rings. The molecule has 102 valence electrons. The Morgan fingerprint density at radius 1 is 1.26 bits per heavy atom. The van der Waals surface area contributed by atoms with Crippen molar-refractivity contribution in [2.75, 3.05) is 6.61 Å². The van der Waals surface area contributed by atoms with Crippen molar-refractivity contribution in [1.29, 1.82) is 0 Å². The standard InChI is InChI=1S/C16H22N2O/c1-4-19-16(11(2)3)15(17)13-7-5-6-12-8-9-18-10-14(12)13/h5-11,15-16H,4,17H2,1-3H3. The molecule has 0 saturated carbocycles. The van der Waals surface area contributed by atoms with Gasteiger partial charge in [-0.3, -0.25) is 4.98 Å². The van der Waals surface area contributed by atoms with E-state index in [9.17, 15) is 0 Å². The highest BCUT2D eigenvalue weighted by Crippen LogP contribution is 2.28. The molecule has 3 heteroatoms. The van der Waals surface area contributed by atoms with Crippen LogP contribution in [0.25, 0.3) is 10.8 Å². The molecular weight excluding hydrogens is 236 g/mol. The zero-order chi connectivity index (χ0) is 13.8. The maximum Gasteiger partial charge on any atom is 0.0790 e. The fourth-order valence-electron chi connectivity index (χ4n) is 2.51. The minimum atomic E-state index is -0.132. The Balaban J connectivity index is 2.42. The molecule has 2 rings (SSSR count). The first-order valence-corrected chi connectivity index (χ1v) is 6.85. The van der Waals surface area contributed by atoms with Gasteiger partial charge in [0.1, 0.15) is 0 Å². The molecule has 2 N–H and O–H groups in total. The summed E-state index contributed by atoms with van der Waals surface area (Å²) < 4.78 is 5.82. The van der Waals surface area contributed by atoms with E-state index < -0.39 is 0 Å². The van der Waals surface area contributed by atoms with Crippen molar-refractivity contribution >= 4 is 10.8 Å². The first kappa shape index (κ1) is 14.0. The molecule has 0 aliphatic rings. The van der Waals surface area contributed by atoms with E-state index in [1.54, 1.807) is 6.20 Å². The zero-order valence-corrected chi connectivity index (χ0v) is 11.8. The Hall–Kier alpha value is -1.45. The third-order valence-electron chi connectivity index (χ3n) is 3.45. The molecule has 0 amide bonds. The lowest BCUT2D eigenvalue weighted by Gasteiger charge is -2.28. The van der Waals surface area contributed by atoms with Crippen molar-refractivity contribution in [3.63, 3.8) is 0 Å². The molecule has 19 heavy (non-hydrogen) atoms. The van der Waals surface area contributed by atoms with Gasteiger partial charge in [-0.2, -0.15) is 0 Å². The van der Waals surface area contributed by atoms with Crippen molar-refractivity contribution in [2.24, 2.45) is 11.7 Å². The molecule has 0 saturated heterocycles. The monoisotopic (exact) mass is 258 g/mol. The lowest BCUT2D eigenvalue weighted by atomic mass is 9.91. The van der Waals surface area contributed by atoms with Crippen LogP contribution in [0.2, 0.25) is 0 Å². The van der Waals surface area contributed by atoms with E-state index in [0.717, 1.165) is 10.9 Å². The average molecular weight is 258 g/mol. The fourth-order valence-corrected chi connectivity index (χ4v) is 2.51. The maximum atomic E-state index is 6.44. The van der Waals surface area contributed by atoms with Crippen molar-refractivity contribution in [3.05, 3.63) is 42.2 Å². The fraction of sp³-hybridized carbons (Fsp3) is 0.438. The number of nitrogens with two attached hydrogens (primary N) is 1. The summed E-state index contributed by atoms with van der Waals surface area (Å²) >= 11 is 0. The Morgan fingerprint density at radius 2 is 2.05 bits per heavy atom. The smallest absolute Gasteiger partial charge is 0.0790 e. The first-order valence-electron chi connectivity index (χ1n) is 6.85. The van der Waals surface area contributed by atoms with Crippen LogP contribution in [0.3, 0.4) is 0 Å². The van der Waals surface area contributed by atoms with Crippen LogP contribution in [0.15, 0.2) is 36.7 Å². The number of aromatic nitrogens is 1. The second-order valence-electron chi connectivity index (χ2n) is 5.13. The summed E-state index contributed by atoms with van der Waals surface area (Å²) in [4.78, 5) is 4.21. The minimum absolute atomic E-state index is 0.0239. The number of fused-ring (bicyclic) bond motifs is 1. The van der Waals surface area contributed by atoms with Gasteiger partial charge in [0.15, 0.2) is 0 Å². The Bertz CT molecular complexity index is 534. The van der Waals surface area contributed by atoms with Crippen LogP contribution in [0.5, 0.6) is 0 Å². The molecule has 3 nitrogen and oxygen atoms in total. The number of hydrogen-bond donors (Lipinski definition) is 1. The summed E-state index contributed by atoms with van der Waals surface area (Å²) in [5.41, 5.74) is 7.55. The number of rotatable bonds is 5. The van der Waals surface area contributed by atoms with Gasteiger partial charge in [-0.1, -0.05) is 32.0 Å². The molecule has 1 aromatic carbocycles. The third kappa shape index (κ3) is 2.94. The topological polar surface area (TPSA) is 48.1 Å².